The average molecular weight is 250 g/mol. The smallest absolute Gasteiger partial charge is 0.120 e. The van der Waals surface area contributed by atoms with Crippen LogP contribution in [0.1, 0.15) is 25.5 Å². The summed E-state index contributed by atoms with van der Waals surface area (Å²) < 4.78 is 5.65. The van der Waals surface area contributed by atoms with Crippen molar-refractivity contribution in [2.24, 2.45) is 0 Å². The van der Waals surface area contributed by atoms with Crippen LogP contribution in [0.4, 0.5) is 0 Å². The van der Waals surface area contributed by atoms with E-state index in [4.69, 9.17) is 16.3 Å². The van der Waals surface area contributed by atoms with Crippen LogP contribution in [0.25, 0.3) is 10.9 Å². The lowest BCUT2D eigenvalue weighted by molar-refractivity contribution is 0.310. The van der Waals surface area contributed by atoms with Gasteiger partial charge in [0.2, 0.25) is 0 Å². The Kier molecular flexibility index (Phi) is 3.85. The van der Waals surface area contributed by atoms with Gasteiger partial charge in [0.1, 0.15) is 5.75 Å². The number of rotatable bonds is 4. The molecule has 0 amide bonds. The first-order valence-electron chi connectivity index (χ1n) is 5.90. The molecule has 0 saturated carbocycles. The fourth-order valence-corrected chi connectivity index (χ4v) is 2.02. The van der Waals surface area contributed by atoms with Gasteiger partial charge in [0, 0.05) is 11.1 Å². The van der Waals surface area contributed by atoms with Crippen LogP contribution in [0.2, 0.25) is 5.02 Å². The van der Waals surface area contributed by atoms with E-state index >= 15 is 0 Å². The van der Waals surface area contributed by atoms with E-state index in [2.05, 4.69) is 11.9 Å². The maximum atomic E-state index is 6.20. The van der Waals surface area contributed by atoms with Gasteiger partial charge >= 0.3 is 0 Å². The fraction of sp³-hybridized carbons (Fsp3) is 0.357. The number of nitrogens with zero attached hydrogens (tertiary/aromatic N) is 1. The molecular formula is C14H16ClNO. The summed E-state index contributed by atoms with van der Waals surface area (Å²) in [4.78, 5) is 4.43. The molecule has 3 heteroatoms. The van der Waals surface area contributed by atoms with E-state index in [9.17, 15) is 0 Å². The third kappa shape index (κ3) is 2.89. The first kappa shape index (κ1) is 12.2. The summed E-state index contributed by atoms with van der Waals surface area (Å²) in [6.45, 7) is 4.84. The summed E-state index contributed by atoms with van der Waals surface area (Å²) in [6.07, 6.45) is 2.20. The summed E-state index contributed by atoms with van der Waals surface area (Å²) in [7, 11) is 0. The van der Waals surface area contributed by atoms with E-state index in [0.717, 1.165) is 46.8 Å². The van der Waals surface area contributed by atoms with Crippen molar-refractivity contribution in [1.82, 2.24) is 4.98 Å². The molecule has 17 heavy (non-hydrogen) atoms. The number of halogens is 1. The maximum Gasteiger partial charge on any atom is 0.120 e. The largest absolute Gasteiger partial charge is 0.494 e. The number of benzene rings is 1. The van der Waals surface area contributed by atoms with Gasteiger partial charge in [-0.2, -0.15) is 0 Å². The average Bonchev–Trinajstić information content (AvgIpc) is 2.30. The Labute approximate surface area is 107 Å². The molecule has 0 unspecified atom stereocenters. The molecule has 0 spiro atoms. The lowest BCUT2D eigenvalue weighted by Gasteiger charge is -2.07. The van der Waals surface area contributed by atoms with E-state index in [1.807, 2.05) is 31.2 Å². The number of fused-ring (bicyclic) bond motifs is 1. The first-order chi connectivity index (χ1) is 8.20. The molecule has 90 valence electrons. The zero-order valence-corrected chi connectivity index (χ0v) is 10.9. The molecule has 2 aromatic rings. The number of aryl methyl sites for hydroxylation is 1. The molecule has 0 bridgehead atoms. The normalized spacial score (nSPS) is 10.8. The zero-order valence-electron chi connectivity index (χ0n) is 10.2. The first-order valence-corrected chi connectivity index (χ1v) is 6.28. The standard InChI is InChI=1S/C14H16ClNO/c1-3-4-7-17-11-5-6-14-12(9-11)13(15)8-10(2)16-14/h5-6,8-9H,3-4,7H2,1-2H3. The zero-order chi connectivity index (χ0) is 12.3. The van der Waals surface area contributed by atoms with Crippen molar-refractivity contribution in [3.63, 3.8) is 0 Å². The highest BCUT2D eigenvalue weighted by Crippen LogP contribution is 2.27. The van der Waals surface area contributed by atoms with E-state index in [-0.39, 0.29) is 0 Å². The molecule has 1 aromatic heterocycles. The number of aromatic nitrogens is 1. The van der Waals surface area contributed by atoms with Crippen LogP contribution in [-0.2, 0) is 0 Å². The second-order valence-corrected chi connectivity index (χ2v) is 4.53. The highest BCUT2D eigenvalue weighted by Gasteiger charge is 2.03. The summed E-state index contributed by atoms with van der Waals surface area (Å²) in [6, 6.07) is 7.73. The van der Waals surface area contributed by atoms with E-state index in [1.165, 1.54) is 0 Å². The number of pyridine rings is 1. The Hall–Kier alpha value is -1.28. The van der Waals surface area contributed by atoms with Crippen LogP contribution < -0.4 is 4.74 Å². The van der Waals surface area contributed by atoms with Gasteiger partial charge in [-0.25, -0.2) is 0 Å². The predicted octanol–water partition coefficient (Wildman–Crippen LogP) is 4.38. The summed E-state index contributed by atoms with van der Waals surface area (Å²) >= 11 is 6.20. The van der Waals surface area contributed by atoms with Gasteiger partial charge in [-0.3, -0.25) is 4.98 Å². The van der Waals surface area contributed by atoms with Crippen molar-refractivity contribution in [3.05, 3.63) is 35.0 Å². The van der Waals surface area contributed by atoms with E-state index in [1.54, 1.807) is 0 Å². The molecule has 0 aliphatic heterocycles. The minimum Gasteiger partial charge on any atom is -0.494 e. The SMILES string of the molecule is CCCCOc1ccc2nc(C)cc(Cl)c2c1. The minimum atomic E-state index is 0.730. The molecular weight excluding hydrogens is 234 g/mol. The molecule has 0 aliphatic carbocycles. The lowest BCUT2D eigenvalue weighted by Crippen LogP contribution is -1.96. The monoisotopic (exact) mass is 249 g/mol. The Bertz CT molecular complexity index is 525. The van der Waals surface area contributed by atoms with Gasteiger partial charge in [-0.1, -0.05) is 24.9 Å². The molecule has 1 aromatic carbocycles. The Morgan fingerprint density at radius 1 is 1.29 bits per heavy atom. The Morgan fingerprint density at radius 2 is 2.12 bits per heavy atom. The Balaban J connectivity index is 2.30. The molecule has 2 rings (SSSR count). The van der Waals surface area contributed by atoms with Gasteiger partial charge in [0.25, 0.3) is 0 Å². The molecule has 0 fully saturated rings. The van der Waals surface area contributed by atoms with Gasteiger partial charge in [-0.15, -0.1) is 0 Å². The molecule has 1 heterocycles. The van der Waals surface area contributed by atoms with Crippen molar-refractivity contribution < 1.29 is 4.74 Å². The molecule has 0 saturated heterocycles. The van der Waals surface area contributed by atoms with Gasteiger partial charge in [0.15, 0.2) is 0 Å². The van der Waals surface area contributed by atoms with Crippen molar-refractivity contribution in [2.45, 2.75) is 26.7 Å². The highest BCUT2D eigenvalue weighted by atomic mass is 35.5. The molecule has 0 N–H and O–H groups in total. The van der Waals surface area contributed by atoms with E-state index in [0.29, 0.717) is 0 Å². The van der Waals surface area contributed by atoms with Crippen LogP contribution in [0.15, 0.2) is 24.3 Å². The number of hydrogen-bond donors (Lipinski definition) is 0. The van der Waals surface area contributed by atoms with Gasteiger partial charge < -0.3 is 4.74 Å². The lowest BCUT2D eigenvalue weighted by atomic mass is 10.2. The third-order valence-electron chi connectivity index (χ3n) is 2.62. The second-order valence-electron chi connectivity index (χ2n) is 4.13. The summed E-state index contributed by atoms with van der Waals surface area (Å²) in [5.74, 6) is 0.860. The Morgan fingerprint density at radius 3 is 2.88 bits per heavy atom. The molecule has 0 radical (unpaired) electrons. The molecule has 2 nitrogen and oxygen atoms in total. The van der Waals surface area contributed by atoms with Crippen molar-refractivity contribution >= 4 is 22.5 Å². The van der Waals surface area contributed by atoms with Crippen molar-refractivity contribution in [3.8, 4) is 5.75 Å². The van der Waals surface area contributed by atoms with Crippen molar-refractivity contribution in [1.29, 1.82) is 0 Å². The number of hydrogen-bond acceptors (Lipinski definition) is 2. The van der Waals surface area contributed by atoms with Crippen molar-refractivity contribution in [2.75, 3.05) is 6.61 Å². The van der Waals surface area contributed by atoms with Gasteiger partial charge in [-0.05, 0) is 37.6 Å². The maximum absolute atomic E-state index is 6.20. The summed E-state index contributed by atoms with van der Waals surface area (Å²) in [5.41, 5.74) is 1.85. The van der Waals surface area contributed by atoms with Crippen LogP contribution in [0.3, 0.4) is 0 Å². The molecule has 0 aliphatic rings. The van der Waals surface area contributed by atoms with Crippen LogP contribution in [0, 0.1) is 6.92 Å². The second kappa shape index (κ2) is 5.37. The topological polar surface area (TPSA) is 22.1 Å². The van der Waals surface area contributed by atoms with Crippen LogP contribution in [-0.4, -0.2) is 11.6 Å². The quantitative estimate of drug-likeness (QED) is 0.751. The fourth-order valence-electron chi connectivity index (χ4n) is 1.71. The third-order valence-corrected chi connectivity index (χ3v) is 2.94. The van der Waals surface area contributed by atoms with Crippen LogP contribution >= 0.6 is 11.6 Å². The molecule has 0 atom stereocenters. The van der Waals surface area contributed by atoms with E-state index < -0.39 is 0 Å². The van der Waals surface area contributed by atoms with Gasteiger partial charge in [0.05, 0.1) is 17.1 Å². The number of unbranched alkanes of at least 4 members (excludes halogenated alkanes) is 1. The summed E-state index contributed by atoms with van der Waals surface area (Å²) in [5, 5.41) is 1.68. The minimum absolute atomic E-state index is 0.730. The number of ether oxygens (including phenoxy) is 1. The predicted molar refractivity (Wildman–Crippen MR) is 71.9 cm³/mol. The van der Waals surface area contributed by atoms with Crippen LogP contribution in [0.5, 0.6) is 5.75 Å². The highest BCUT2D eigenvalue weighted by molar-refractivity contribution is 6.35.